The molecular formula is C4H8Cl3O4P. The van der Waals surface area contributed by atoms with E-state index in [2.05, 4.69) is 13.1 Å². The molecule has 0 amide bonds. The first-order chi connectivity index (χ1) is 5.68. The zero-order chi connectivity index (χ0) is 9.45. The minimum Gasteiger partial charge on any atom is -0.285 e. The van der Waals surface area contributed by atoms with Crippen LogP contribution in [0.1, 0.15) is 0 Å². The number of rotatable bonds is 7. The molecule has 0 aromatic carbocycles. The van der Waals surface area contributed by atoms with E-state index in [1.807, 2.05) is 0 Å². The van der Waals surface area contributed by atoms with Gasteiger partial charge in [-0.15, -0.1) is 23.2 Å². The maximum atomic E-state index is 11.2. The summed E-state index contributed by atoms with van der Waals surface area (Å²) >= 11 is 15.4. The lowest BCUT2D eigenvalue weighted by atomic mass is 10.9. The van der Waals surface area contributed by atoms with E-state index in [1.54, 1.807) is 0 Å². The molecule has 0 spiro atoms. The van der Waals surface area contributed by atoms with Crippen molar-refractivity contribution in [2.45, 2.75) is 0 Å². The first-order valence-electron chi connectivity index (χ1n) is 3.00. The molecule has 0 aliphatic rings. The summed E-state index contributed by atoms with van der Waals surface area (Å²) in [4.78, 5) is 0. The first kappa shape index (κ1) is 13.0. The molecule has 0 rings (SSSR count). The van der Waals surface area contributed by atoms with Crippen LogP contribution in [0.15, 0.2) is 0 Å². The van der Waals surface area contributed by atoms with Crippen molar-refractivity contribution in [3.05, 3.63) is 0 Å². The quantitative estimate of drug-likeness (QED) is 0.519. The Labute approximate surface area is 85.8 Å². The highest BCUT2D eigenvalue weighted by molar-refractivity contribution is 7.49. The van der Waals surface area contributed by atoms with E-state index in [1.165, 1.54) is 0 Å². The van der Waals surface area contributed by atoms with Gasteiger partial charge in [-0.1, -0.05) is 0 Å². The molecule has 0 atom stereocenters. The van der Waals surface area contributed by atoms with Gasteiger partial charge in [-0.3, -0.25) is 9.05 Å². The average molecular weight is 257 g/mol. The van der Waals surface area contributed by atoms with Crippen LogP contribution in [-0.4, -0.2) is 25.0 Å². The summed E-state index contributed by atoms with van der Waals surface area (Å²) in [7, 11) is -3.64. The van der Waals surface area contributed by atoms with Crippen molar-refractivity contribution in [2.75, 3.05) is 25.0 Å². The Morgan fingerprint density at radius 3 is 1.75 bits per heavy atom. The van der Waals surface area contributed by atoms with Crippen LogP contribution in [0.3, 0.4) is 0 Å². The van der Waals surface area contributed by atoms with Crippen molar-refractivity contribution in [3.63, 3.8) is 0 Å². The topological polar surface area (TPSA) is 44.8 Å². The minimum atomic E-state index is -3.64. The molecule has 0 fully saturated rings. The minimum absolute atomic E-state index is 0.0356. The summed E-state index contributed by atoms with van der Waals surface area (Å²) in [5, 5.41) is 0. The molecular weight excluding hydrogens is 249 g/mol. The number of hydrogen-bond donors (Lipinski definition) is 0. The number of hydrogen-bond acceptors (Lipinski definition) is 4. The molecule has 4 nitrogen and oxygen atoms in total. The van der Waals surface area contributed by atoms with Gasteiger partial charge in [0.2, 0.25) is 0 Å². The fourth-order valence-electron chi connectivity index (χ4n) is 0.370. The van der Waals surface area contributed by atoms with Gasteiger partial charge in [-0.25, -0.2) is 4.57 Å². The van der Waals surface area contributed by atoms with E-state index in [4.69, 9.17) is 35.1 Å². The fourth-order valence-corrected chi connectivity index (χ4v) is 1.76. The third kappa shape index (κ3) is 5.60. The third-order valence-corrected chi connectivity index (χ3v) is 2.72. The van der Waals surface area contributed by atoms with Crippen LogP contribution in [0.2, 0.25) is 0 Å². The molecule has 0 saturated heterocycles. The van der Waals surface area contributed by atoms with Gasteiger partial charge in [0.15, 0.2) is 0 Å². The van der Waals surface area contributed by atoms with Crippen LogP contribution in [-0.2, 0) is 17.7 Å². The Bertz CT molecular complexity index is 143. The Morgan fingerprint density at radius 2 is 1.50 bits per heavy atom. The van der Waals surface area contributed by atoms with Crippen molar-refractivity contribution >= 4 is 42.9 Å². The van der Waals surface area contributed by atoms with Crippen LogP contribution in [0.4, 0.5) is 0 Å². The summed E-state index contributed by atoms with van der Waals surface area (Å²) in [6, 6.07) is 0. The lowest BCUT2D eigenvalue weighted by Gasteiger charge is -2.11. The van der Waals surface area contributed by atoms with Crippen LogP contribution in [0.5, 0.6) is 0 Å². The second-order valence-electron chi connectivity index (χ2n) is 1.56. The average Bonchev–Trinajstić information content (AvgIpc) is 2.11. The summed E-state index contributed by atoms with van der Waals surface area (Å²) in [5.41, 5.74) is 0. The van der Waals surface area contributed by atoms with E-state index in [0.717, 1.165) is 0 Å². The number of phosphoric acid groups is 1. The molecule has 0 aromatic heterocycles. The van der Waals surface area contributed by atoms with Gasteiger partial charge in [0.05, 0.1) is 25.1 Å². The summed E-state index contributed by atoms with van der Waals surface area (Å²) in [6.45, 7) is 0.0711. The van der Waals surface area contributed by atoms with Crippen molar-refractivity contribution in [1.82, 2.24) is 0 Å². The molecule has 0 aromatic rings. The first-order valence-corrected chi connectivity index (χ1v) is 5.83. The molecule has 0 aliphatic heterocycles. The number of phosphoric ester groups is 1. The maximum absolute atomic E-state index is 11.2. The van der Waals surface area contributed by atoms with Crippen molar-refractivity contribution in [3.8, 4) is 0 Å². The predicted molar refractivity (Wildman–Crippen MR) is 47.9 cm³/mol. The van der Waals surface area contributed by atoms with E-state index >= 15 is 0 Å². The van der Waals surface area contributed by atoms with Gasteiger partial charge in [0.1, 0.15) is 0 Å². The summed E-state index contributed by atoms with van der Waals surface area (Å²) in [5.74, 6) is 0.350. The molecule has 0 bridgehead atoms. The third-order valence-electron chi connectivity index (χ3n) is 0.738. The van der Waals surface area contributed by atoms with Gasteiger partial charge in [-0.05, 0) is 0 Å². The predicted octanol–water partition coefficient (Wildman–Crippen LogP) is 2.78. The molecule has 0 aliphatic carbocycles. The summed E-state index contributed by atoms with van der Waals surface area (Å²) in [6.07, 6.45) is 0. The largest absolute Gasteiger partial charge is 0.491 e. The Kier molecular flexibility index (Phi) is 7.99. The number of alkyl halides is 2. The second-order valence-corrected chi connectivity index (χ2v) is 4.28. The monoisotopic (exact) mass is 256 g/mol. The Hall–Kier alpha value is 0.980. The molecule has 74 valence electrons. The van der Waals surface area contributed by atoms with Crippen molar-refractivity contribution in [2.24, 2.45) is 0 Å². The van der Waals surface area contributed by atoms with E-state index in [0.29, 0.717) is 0 Å². The molecule has 0 saturated carbocycles. The van der Waals surface area contributed by atoms with Gasteiger partial charge in [0, 0.05) is 11.8 Å². The van der Waals surface area contributed by atoms with E-state index < -0.39 is 7.82 Å². The molecule has 0 radical (unpaired) electrons. The standard InChI is InChI=1S/C4H8Cl3O4P/c5-1-3-9-12(8,11-7)10-4-2-6/h1-4H2. The lowest BCUT2D eigenvalue weighted by Crippen LogP contribution is -2.00. The van der Waals surface area contributed by atoms with Crippen LogP contribution in [0.25, 0.3) is 0 Å². The highest BCUT2D eigenvalue weighted by atomic mass is 35.5. The van der Waals surface area contributed by atoms with Gasteiger partial charge >= 0.3 is 7.82 Å². The van der Waals surface area contributed by atoms with Crippen LogP contribution < -0.4 is 0 Å². The lowest BCUT2D eigenvalue weighted by molar-refractivity contribution is 0.173. The van der Waals surface area contributed by atoms with Gasteiger partial charge < -0.3 is 0 Å². The second kappa shape index (κ2) is 7.39. The Balaban J connectivity index is 3.79. The molecule has 0 N–H and O–H groups in total. The SMILES string of the molecule is O=P(OCl)(OCCCl)OCCCl. The smallest absolute Gasteiger partial charge is 0.285 e. The van der Waals surface area contributed by atoms with Crippen molar-refractivity contribution < 1.29 is 17.7 Å². The molecule has 0 heterocycles. The van der Waals surface area contributed by atoms with E-state index in [-0.39, 0.29) is 25.0 Å². The Morgan fingerprint density at radius 1 is 1.08 bits per heavy atom. The zero-order valence-corrected chi connectivity index (χ0v) is 9.20. The van der Waals surface area contributed by atoms with Gasteiger partial charge in [0.25, 0.3) is 0 Å². The van der Waals surface area contributed by atoms with Crippen LogP contribution >= 0.6 is 42.9 Å². The molecule has 0 unspecified atom stereocenters. The maximum Gasteiger partial charge on any atom is 0.491 e. The highest BCUT2D eigenvalue weighted by Gasteiger charge is 2.25. The number of halogens is 3. The highest BCUT2D eigenvalue weighted by Crippen LogP contribution is 2.50. The van der Waals surface area contributed by atoms with E-state index in [9.17, 15) is 4.57 Å². The van der Waals surface area contributed by atoms with Gasteiger partial charge in [-0.2, -0.15) is 4.08 Å². The zero-order valence-electron chi connectivity index (χ0n) is 6.04. The fraction of sp³-hybridized carbons (Fsp3) is 1.00. The normalized spacial score (nSPS) is 11.9. The molecule has 12 heavy (non-hydrogen) atoms. The molecule has 8 heteroatoms. The van der Waals surface area contributed by atoms with Crippen LogP contribution in [0, 0.1) is 0 Å². The summed E-state index contributed by atoms with van der Waals surface area (Å²) < 4.78 is 24.4. The van der Waals surface area contributed by atoms with Crippen molar-refractivity contribution in [1.29, 1.82) is 0 Å².